The van der Waals surface area contributed by atoms with Crippen LogP contribution in [0.1, 0.15) is 55.6 Å². The van der Waals surface area contributed by atoms with Gasteiger partial charge in [0, 0.05) is 29.4 Å². The van der Waals surface area contributed by atoms with Gasteiger partial charge in [-0.3, -0.25) is 14.9 Å². The molecule has 2 rings (SSSR count). The van der Waals surface area contributed by atoms with Crippen molar-refractivity contribution in [2.75, 3.05) is 0 Å². The molecule has 0 bridgehead atoms. The molecule has 1 atom stereocenters. The van der Waals surface area contributed by atoms with Crippen LogP contribution in [0, 0.1) is 10.1 Å². The normalized spacial score (nSPS) is 14.0. The smallest absolute Gasteiger partial charge is 0.228 e. The van der Waals surface area contributed by atoms with Gasteiger partial charge in [0.15, 0.2) is 5.78 Å². The van der Waals surface area contributed by atoms with E-state index in [1.54, 1.807) is 31.2 Å². The molecule has 4 heteroatoms. The fourth-order valence-electron chi connectivity index (χ4n) is 2.90. The summed E-state index contributed by atoms with van der Waals surface area (Å²) in [4.78, 5) is 23.8. The Bertz CT molecular complexity index is 735. The molecule has 2 aromatic carbocycles. The second kappa shape index (κ2) is 6.56. The maximum atomic E-state index is 12.5. The minimum atomic E-state index is -1.07. The Kier molecular flexibility index (Phi) is 4.88. The summed E-state index contributed by atoms with van der Waals surface area (Å²) in [5.74, 6) is -0.0486. The van der Waals surface area contributed by atoms with Gasteiger partial charge >= 0.3 is 0 Å². The summed E-state index contributed by atoms with van der Waals surface area (Å²) in [6.45, 7) is 7.27. The Morgan fingerprint density at radius 1 is 0.958 bits per heavy atom. The zero-order valence-electron chi connectivity index (χ0n) is 14.6. The Hall–Kier alpha value is -2.49. The molecule has 2 aromatic rings. The Morgan fingerprint density at radius 3 is 1.92 bits per heavy atom. The standard InChI is InChI=1S/C20H23NO3/c1-5-20(4,21(23)24)19(2,3)17-13-11-16(12-14-17)18(22)15-9-7-6-8-10-15/h6-14H,5H2,1-4H3. The average Bonchev–Trinajstić information content (AvgIpc) is 2.60. The molecular formula is C20H23NO3. The first-order chi connectivity index (χ1) is 11.2. The molecule has 4 nitrogen and oxygen atoms in total. The molecule has 0 amide bonds. The molecule has 126 valence electrons. The van der Waals surface area contributed by atoms with E-state index in [4.69, 9.17) is 0 Å². The van der Waals surface area contributed by atoms with Gasteiger partial charge in [0.2, 0.25) is 5.54 Å². The minimum Gasteiger partial charge on any atom is -0.289 e. The topological polar surface area (TPSA) is 60.2 Å². The molecule has 24 heavy (non-hydrogen) atoms. The first-order valence-electron chi connectivity index (χ1n) is 8.09. The summed E-state index contributed by atoms with van der Waals surface area (Å²) in [5.41, 5.74) is 0.346. The first-order valence-corrected chi connectivity index (χ1v) is 8.09. The van der Waals surface area contributed by atoms with Crippen LogP contribution in [0.2, 0.25) is 0 Å². The lowest BCUT2D eigenvalue weighted by Gasteiger charge is -2.36. The molecule has 0 heterocycles. The van der Waals surface area contributed by atoms with Crippen LogP contribution in [0.15, 0.2) is 54.6 Å². The molecule has 0 saturated carbocycles. The van der Waals surface area contributed by atoms with Crippen molar-refractivity contribution in [1.29, 1.82) is 0 Å². The van der Waals surface area contributed by atoms with Crippen molar-refractivity contribution in [3.05, 3.63) is 81.4 Å². The second-order valence-electron chi connectivity index (χ2n) is 6.78. The van der Waals surface area contributed by atoms with Crippen LogP contribution in [0.4, 0.5) is 0 Å². The number of carbonyl (C=O) groups is 1. The largest absolute Gasteiger partial charge is 0.289 e. The molecule has 0 aliphatic heterocycles. The van der Waals surface area contributed by atoms with Gasteiger partial charge < -0.3 is 0 Å². The summed E-state index contributed by atoms with van der Waals surface area (Å²) >= 11 is 0. The lowest BCUT2D eigenvalue weighted by Crippen LogP contribution is -2.51. The number of hydrogen-bond acceptors (Lipinski definition) is 3. The molecular weight excluding hydrogens is 302 g/mol. The van der Waals surface area contributed by atoms with E-state index < -0.39 is 11.0 Å². The van der Waals surface area contributed by atoms with Gasteiger partial charge in [-0.25, -0.2) is 0 Å². The van der Waals surface area contributed by atoms with Crippen molar-refractivity contribution in [1.82, 2.24) is 0 Å². The van der Waals surface area contributed by atoms with Crippen molar-refractivity contribution in [3.8, 4) is 0 Å². The van der Waals surface area contributed by atoms with Crippen molar-refractivity contribution in [3.63, 3.8) is 0 Å². The first kappa shape index (κ1) is 17.9. The Balaban J connectivity index is 2.35. The van der Waals surface area contributed by atoms with Crippen LogP contribution < -0.4 is 0 Å². The lowest BCUT2D eigenvalue weighted by atomic mass is 9.67. The maximum Gasteiger partial charge on any atom is 0.228 e. The van der Waals surface area contributed by atoms with E-state index in [2.05, 4.69) is 0 Å². The molecule has 0 fully saturated rings. The van der Waals surface area contributed by atoms with Crippen molar-refractivity contribution in [2.45, 2.75) is 45.1 Å². The number of nitrogens with zero attached hydrogens (tertiary/aromatic N) is 1. The zero-order valence-corrected chi connectivity index (χ0v) is 14.6. The van der Waals surface area contributed by atoms with Crippen LogP contribution in [0.3, 0.4) is 0 Å². The maximum absolute atomic E-state index is 12.5. The van der Waals surface area contributed by atoms with Gasteiger partial charge in [-0.2, -0.15) is 0 Å². The highest BCUT2D eigenvalue weighted by Crippen LogP contribution is 2.39. The van der Waals surface area contributed by atoms with E-state index in [1.165, 1.54) is 0 Å². The number of hydrogen-bond donors (Lipinski definition) is 0. The third kappa shape index (κ3) is 2.96. The summed E-state index contributed by atoms with van der Waals surface area (Å²) in [6, 6.07) is 16.2. The van der Waals surface area contributed by atoms with Crippen LogP contribution in [-0.4, -0.2) is 16.2 Å². The number of ketones is 1. The predicted molar refractivity (Wildman–Crippen MR) is 95.0 cm³/mol. The lowest BCUT2D eigenvalue weighted by molar-refractivity contribution is -0.578. The summed E-state index contributed by atoms with van der Waals surface area (Å²) in [7, 11) is 0. The van der Waals surface area contributed by atoms with E-state index in [9.17, 15) is 14.9 Å². The predicted octanol–water partition coefficient (Wildman–Crippen LogP) is 4.64. The number of benzene rings is 2. The van der Waals surface area contributed by atoms with E-state index in [0.29, 0.717) is 17.5 Å². The van der Waals surface area contributed by atoms with Crippen molar-refractivity contribution < 1.29 is 9.72 Å². The van der Waals surface area contributed by atoms with E-state index in [1.807, 2.05) is 51.1 Å². The van der Waals surface area contributed by atoms with Crippen molar-refractivity contribution >= 4 is 5.78 Å². The fraction of sp³-hybridized carbons (Fsp3) is 0.350. The second-order valence-corrected chi connectivity index (χ2v) is 6.78. The van der Waals surface area contributed by atoms with Crippen LogP contribution in [0.25, 0.3) is 0 Å². The van der Waals surface area contributed by atoms with E-state index in [0.717, 1.165) is 5.56 Å². The zero-order chi connectivity index (χ0) is 18.0. The molecule has 0 radical (unpaired) electrons. The highest BCUT2D eigenvalue weighted by molar-refractivity contribution is 6.08. The highest BCUT2D eigenvalue weighted by atomic mass is 16.6. The third-order valence-electron chi connectivity index (χ3n) is 5.34. The van der Waals surface area contributed by atoms with Crippen molar-refractivity contribution in [2.24, 2.45) is 0 Å². The van der Waals surface area contributed by atoms with Crippen LogP contribution >= 0.6 is 0 Å². The Morgan fingerprint density at radius 2 is 1.46 bits per heavy atom. The van der Waals surface area contributed by atoms with Crippen LogP contribution in [-0.2, 0) is 5.41 Å². The SMILES string of the molecule is CCC(C)([N+](=O)[O-])C(C)(C)c1ccc(C(=O)c2ccccc2)cc1. The monoisotopic (exact) mass is 325 g/mol. The minimum absolute atomic E-state index is 0.0486. The fourth-order valence-corrected chi connectivity index (χ4v) is 2.90. The molecule has 0 saturated heterocycles. The van der Waals surface area contributed by atoms with Crippen LogP contribution in [0.5, 0.6) is 0 Å². The third-order valence-corrected chi connectivity index (χ3v) is 5.34. The number of rotatable bonds is 6. The summed E-state index contributed by atoms with van der Waals surface area (Å²) < 4.78 is 0. The molecule has 0 N–H and O–H groups in total. The number of nitro groups is 1. The van der Waals surface area contributed by atoms with E-state index >= 15 is 0 Å². The molecule has 0 aliphatic rings. The highest BCUT2D eigenvalue weighted by Gasteiger charge is 2.51. The van der Waals surface area contributed by atoms with Gasteiger partial charge in [0.05, 0.1) is 5.41 Å². The summed E-state index contributed by atoms with van der Waals surface area (Å²) in [5, 5.41) is 11.6. The average molecular weight is 325 g/mol. The molecule has 0 aromatic heterocycles. The molecule has 1 unspecified atom stereocenters. The number of carbonyl (C=O) groups excluding carboxylic acids is 1. The van der Waals surface area contributed by atoms with Gasteiger partial charge in [0.1, 0.15) is 0 Å². The Labute approximate surface area is 142 Å². The quantitative estimate of drug-likeness (QED) is 0.441. The van der Waals surface area contributed by atoms with Gasteiger partial charge in [-0.15, -0.1) is 0 Å². The summed E-state index contributed by atoms with van der Waals surface area (Å²) in [6.07, 6.45) is 0.428. The van der Waals surface area contributed by atoms with Gasteiger partial charge in [-0.05, 0) is 19.4 Å². The van der Waals surface area contributed by atoms with E-state index in [-0.39, 0.29) is 10.7 Å². The molecule has 0 aliphatic carbocycles. The molecule has 0 spiro atoms. The van der Waals surface area contributed by atoms with Gasteiger partial charge in [-0.1, -0.05) is 61.5 Å². The van der Waals surface area contributed by atoms with Gasteiger partial charge in [0.25, 0.3) is 0 Å².